The third kappa shape index (κ3) is 2.58. The van der Waals surface area contributed by atoms with Gasteiger partial charge >= 0.3 is 0 Å². The first-order valence-electron chi connectivity index (χ1n) is 4.04. The zero-order valence-corrected chi connectivity index (χ0v) is 7.43. The molecule has 0 saturated carbocycles. The summed E-state index contributed by atoms with van der Waals surface area (Å²) >= 11 is 0. The Morgan fingerprint density at radius 1 is 1.09 bits per heavy atom. The minimum atomic E-state index is 1.03. The Balaban J connectivity index is 0.000000461. The predicted octanol–water partition coefficient (Wildman–Crippen LogP) is 3.64. The molecule has 0 aliphatic heterocycles. The first-order chi connectivity index (χ1) is 5.38. The lowest BCUT2D eigenvalue weighted by atomic mass is 10.1. The summed E-state index contributed by atoms with van der Waals surface area (Å²) in [7, 11) is 0. The van der Waals surface area contributed by atoms with Gasteiger partial charge in [0.1, 0.15) is 0 Å². The van der Waals surface area contributed by atoms with Gasteiger partial charge in [0, 0.05) is 0 Å². The van der Waals surface area contributed by atoms with Gasteiger partial charge in [0.2, 0.25) is 0 Å². The molecule has 0 heteroatoms. The van der Waals surface area contributed by atoms with Crippen LogP contribution in [-0.4, -0.2) is 0 Å². The van der Waals surface area contributed by atoms with Crippen LogP contribution in [0.15, 0.2) is 48.6 Å². The van der Waals surface area contributed by atoms with Gasteiger partial charge in [0.25, 0.3) is 0 Å². The van der Waals surface area contributed by atoms with E-state index in [4.69, 9.17) is 0 Å². The van der Waals surface area contributed by atoms with Crippen LogP contribution in [-0.2, 0) is 0 Å². The number of hydrogen-bond donors (Lipinski definition) is 0. The van der Waals surface area contributed by atoms with E-state index >= 15 is 0 Å². The lowest BCUT2D eigenvalue weighted by Gasteiger charge is -1.92. The van der Waals surface area contributed by atoms with Gasteiger partial charge in [-0.25, -0.2) is 0 Å². The second-order valence-electron chi connectivity index (χ2n) is 1.96. The largest absolute Gasteiger partial charge is 0.0985 e. The van der Waals surface area contributed by atoms with Crippen LogP contribution in [0.3, 0.4) is 0 Å². The summed E-state index contributed by atoms with van der Waals surface area (Å²) in [5.74, 6) is 0. The molecular weight excluding hydrogens is 132 g/mol. The van der Waals surface area contributed by atoms with Gasteiger partial charge in [-0.1, -0.05) is 51.3 Å². The quantitative estimate of drug-likeness (QED) is 0.561. The number of allylic oxidation sites excluding steroid dienone is 6. The van der Waals surface area contributed by atoms with E-state index in [-0.39, 0.29) is 0 Å². The molecule has 0 aromatic rings. The molecule has 0 unspecified atom stereocenters. The van der Waals surface area contributed by atoms with Gasteiger partial charge in [0.15, 0.2) is 0 Å². The molecule has 0 N–H and O–H groups in total. The van der Waals surface area contributed by atoms with E-state index in [2.05, 4.69) is 25.3 Å². The van der Waals surface area contributed by atoms with Crippen LogP contribution >= 0.6 is 0 Å². The van der Waals surface area contributed by atoms with Crippen LogP contribution in [0, 0.1) is 0 Å². The van der Waals surface area contributed by atoms with Crippen LogP contribution in [0.25, 0.3) is 0 Å². The van der Waals surface area contributed by atoms with Gasteiger partial charge < -0.3 is 0 Å². The Morgan fingerprint density at radius 3 is 1.73 bits per heavy atom. The minimum Gasteiger partial charge on any atom is -0.0985 e. The average molecular weight is 148 g/mol. The first kappa shape index (κ1) is 9.96. The van der Waals surface area contributed by atoms with E-state index in [1.54, 1.807) is 0 Å². The van der Waals surface area contributed by atoms with Crippen molar-refractivity contribution in [1.82, 2.24) is 0 Å². The molecule has 1 aliphatic carbocycles. The molecule has 1 rings (SSSR count). The molecule has 11 heavy (non-hydrogen) atoms. The van der Waals surface area contributed by atoms with E-state index in [1.807, 2.05) is 26.0 Å². The number of hydrogen-bond acceptors (Lipinski definition) is 0. The van der Waals surface area contributed by atoms with Crippen LogP contribution in [0.4, 0.5) is 0 Å². The highest BCUT2D eigenvalue weighted by molar-refractivity contribution is 5.49. The van der Waals surface area contributed by atoms with Crippen molar-refractivity contribution in [3.8, 4) is 0 Å². The molecule has 0 atom stereocenters. The smallest absolute Gasteiger partial charge is 0.0151 e. The normalized spacial score (nSPS) is 14.0. The molecular formula is C11H16. The fraction of sp³-hybridized carbons (Fsp3) is 0.273. The fourth-order valence-corrected chi connectivity index (χ4v) is 0.951. The van der Waals surface area contributed by atoms with Gasteiger partial charge in [-0.3, -0.25) is 0 Å². The molecule has 0 radical (unpaired) electrons. The Morgan fingerprint density at radius 2 is 1.45 bits per heavy atom. The Hall–Kier alpha value is -1.04. The van der Waals surface area contributed by atoms with Gasteiger partial charge in [-0.05, 0) is 17.6 Å². The lowest BCUT2D eigenvalue weighted by Crippen LogP contribution is -1.73. The molecule has 1 aliphatic rings. The van der Waals surface area contributed by atoms with Crippen molar-refractivity contribution >= 4 is 0 Å². The standard InChI is InChI=1S/C9H10.C2H6/c1-3-8-6-5-7-9(8)4-2;1-2/h3-4,6-7H,1-2,5H2;1-2H3. The van der Waals surface area contributed by atoms with E-state index in [0.29, 0.717) is 0 Å². The molecule has 0 amide bonds. The summed E-state index contributed by atoms with van der Waals surface area (Å²) in [5.41, 5.74) is 2.43. The van der Waals surface area contributed by atoms with Crippen LogP contribution in [0.2, 0.25) is 0 Å². The summed E-state index contributed by atoms with van der Waals surface area (Å²) in [4.78, 5) is 0. The predicted molar refractivity (Wildman–Crippen MR) is 52.5 cm³/mol. The summed E-state index contributed by atoms with van der Waals surface area (Å²) in [6, 6.07) is 0. The molecule has 60 valence electrons. The maximum absolute atomic E-state index is 3.68. The summed E-state index contributed by atoms with van der Waals surface area (Å²) < 4.78 is 0. The third-order valence-electron chi connectivity index (χ3n) is 1.45. The zero-order valence-electron chi connectivity index (χ0n) is 7.43. The fourth-order valence-electron chi connectivity index (χ4n) is 0.951. The summed E-state index contributed by atoms with van der Waals surface area (Å²) in [5, 5.41) is 0. The average Bonchev–Trinajstić information content (AvgIpc) is 2.54. The monoisotopic (exact) mass is 148 g/mol. The Bertz CT molecular complexity index is 170. The highest BCUT2D eigenvalue weighted by Gasteiger charge is 2.00. The lowest BCUT2D eigenvalue weighted by molar-refractivity contribution is 1.44. The maximum atomic E-state index is 3.68. The summed E-state index contributed by atoms with van der Waals surface area (Å²) in [6.07, 6.45) is 9.04. The first-order valence-corrected chi connectivity index (χ1v) is 4.04. The molecule has 0 spiro atoms. The third-order valence-corrected chi connectivity index (χ3v) is 1.45. The molecule has 0 heterocycles. The Kier molecular flexibility index (Phi) is 5.18. The molecule has 0 aromatic carbocycles. The van der Waals surface area contributed by atoms with Gasteiger partial charge in [-0.15, -0.1) is 0 Å². The molecule has 0 fully saturated rings. The highest BCUT2D eigenvalue weighted by Crippen LogP contribution is 2.19. The van der Waals surface area contributed by atoms with Crippen molar-refractivity contribution in [1.29, 1.82) is 0 Å². The maximum Gasteiger partial charge on any atom is -0.0151 e. The van der Waals surface area contributed by atoms with Crippen molar-refractivity contribution in [2.45, 2.75) is 20.3 Å². The SMILES string of the molecule is C=CC1=CCC=C1C=C.CC. The molecule has 0 bridgehead atoms. The van der Waals surface area contributed by atoms with Crippen LogP contribution in [0.1, 0.15) is 20.3 Å². The second kappa shape index (κ2) is 5.72. The number of rotatable bonds is 2. The molecule has 0 nitrogen and oxygen atoms in total. The molecule has 0 saturated heterocycles. The van der Waals surface area contributed by atoms with Crippen molar-refractivity contribution in [3.63, 3.8) is 0 Å². The topological polar surface area (TPSA) is 0 Å². The van der Waals surface area contributed by atoms with Crippen LogP contribution < -0.4 is 0 Å². The van der Waals surface area contributed by atoms with E-state index in [0.717, 1.165) is 6.42 Å². The minimum absolute atomic E-state index is 1.03. The second-order valence-corrected chi connectivity index (χ2v) is 1.96. The van der Waals surface area contributed by atoms with E-state index in [9.17, 15) is 0 Å². The Labute approximate surface area is 69.6 Å². The molecule has 0 aromatic heterocycles. The van der Waals surface area contributed by atoms with Gasteiger partial charge in [-0.2, -0.15) is 0 Å². The highest BCUT2D eigenvalue weighted by atomic mass is 14.0. The van der Waals surface area contributed by atoms with Crippen molar-refractivity contribution in [2.24, 2.45) is 0 Å². The van der Waals surface area contributed by atoms with E-state index in [1.165, 1.54) is 11.1 Å². The van der Waals surface area contributed by atoms with Crippen molar-refractivity contribution in [3.05, 3.63) is 48.6 Å². The summed E-state index contributed by atoms with van der Waals surface area (Å²) in [6.45, 7) is 11.4. The van der Waals surface area contributed by atoms with Crippen LogP contribution in [0.5, 0.6) is 0 Å². The van der Waals surface area contributed by atoms with Crippen molar-refractivity contribution in [2.75, 3.05) is 0 Å². The van der Waals surface area contributed by atoms with Gasteiger partial charge in [0.05, 0.1) is 0 Å². The van der Waals surface area contributed by atoms with Crippen molar-refractivity contribution < 1.29 is 0 Å². The zero-order chi connectivity index (χ0) is 8.69. The van der Waals surface area contributed by atoms with E-state index < -0.39 is 0 Å².